The molecule has 0 saturated heterocycles. The summed E-state index contributed by atoms with van der Waals surface area (Å²) >= 11 is 0. The lowest BCUT2D eigenvalue weighted by molar-refractivity contribution is -0.121. The second kappa shape index (κ2) is 7.31. The van der Waals surface area contributed by atoms with Crippen LogP contribution in [0.2, 0.25) is 0 Å². The van der Waals surface area contributed by atoms with E-state index in [1.165, 1.54) is 0 Å². The lowest BCUT2D eigenvalue weighted by Crippen LogP contribution is -2.33. The molecule has 146 valence electrons. The maximum absolute atomic E-state index is 13.0. The van der Waals surface area contributed by atoms with E-state index in [0.717, 1.165) is 17.1 Å². The summed E-state index contributed by atoms with van der Waals surface area (Å²) in [7, 11) is 0. The number of anilines is 3. The van der Waals surface area contributed by atoms with Gasteiger partial charge in [0.15, 0.2) is 0 Å². The Balaban J connectivity index is 1.52. The van der Waals surface area contributed by atoms with E-state index in [2.05, 4.69) is 25.6 Å². The molecule has 0 saturated carbocycles. The van der Waals surface area contributed by atoms with Crippen LogP contribution in [0.3, 0.4) is 0 Å². The Morgan fingerprint density at radius 1 is 1.03 bits per heavy atom. The Morgan fingerprint density at radius 3 is 2.66 bits per heavy atom. The van der Waals surface area contributed by atoms with Gasteiger partial charge in [0.2, 0.25) is 5.91 Å². The molecule has 3 amide bonds. The minimum atomic E-state index is -0.729. The first kappa shape index (κ1) is 18.5. The summed E-state index contributed by atoms with van der Waals surface area (Å²) in [6.07, 6.45) is 4.91. The molecular weight excluding hydrogens is 368 g/mol. The number of hydrogen-bond donors (Lipinski definition) is 2. The van der Waals surface area contributed by atoms with Crippen molar-refractivity contribution in [2.45, 2.75) is 25.8 Å². The molecule has 0 spiro atoms. The number of carbonyl (C=O) groups excluding carboxylic acids is 2. The molecule has 4 rings (SSSR count). The summed E-state index contributed by atoms with van der Waals surface area (Å²) in [4.78, 5) is 39.6. The van der Waals surface area contributed by atoms with E-state index in [1.807, 2.05) is 38.1 Å². The van der Waals surface area contributed by atoms with Crippen LogP contribution in [0.15, 0.2) is 61.1 Å². The van der Waals surface area contributed by atoms with Crippen molar-refractivity contribution in [3.8, 4) is 0 Å². The van der Waals surface area contributed by atoms with Gasteiger partial charge in [0.25, 0.3) is 0 Å². The van der Waals surface area contributed by atoms with Crippen LogP contribution in [0.1, 0.15) is 25.2 Å². The Kier molecular flexibility index (Phi) is 4.67. The normalized spacial score (nSPS) is 14.4. The molecule has 1 aliphatic rings. The SMILES string of the molecule is CC1(C)C(=O)N(c2ccnc(NC(=O)NCc3ccccn3)c2)c2cccnc21. The van der Waals surface area contributed by atoms with E-state index in [4.69, 9.17) is 0 Å². The van der Waals surface area contributed by atoms with Gasteiger partial charge in [0.1, 0.15) is 5.82 Å². The summed E-state index contributed by atoms with van der Waals surface area (Å²) in [5.74, 6) is 0.256. The number of carbonyl (C=O) groups is 2. The molecule has 8 nitrogen and oxygen atoms in total. The summed E-state index contributed by atoms with van der Waals surface area (Å²) in [5, 5.41) is 5.42. The molecule has 3 aromatic heterocycles. The van der Waals surface area contributed by atoms with Crippen LogP contribution in [-0.4, -0.2) is 26.9 Å². The zero-order valence-electron chi connectivity index (χ0n) is 16.1. The van der Waals surface area contributed by atoms with Crippen LogP contribution in [0.25, 0.3) is 0 Å². The van der Waals surface area contributed by atoms with Crippen molar-refractivity contribution < 1.29 is 9.59 Å². The van der Waals surface area contributed by atoms with Crippen molar-refractivity contribution in [2.24, 2.45) is 0 Å². The van der Waals surface area contributed by atoms with Crippen molar-refractivity contribution in [3.05, 3.63) is 72.4 Å². The highest BCUT2D eigenvalue weighted by molar-refractivity contribution is 6.12. The molecule has 0 aromatic carbocycles. The summed E-state index contributed by atoms with van der Waals surface area (Å²) in [6.45, 7) is 4.00. The number of rotatable bonds is 4. The van der Waals surface area contributed by atoms with Crippen molar-refractivity contribution in [2.75, 3.05) is 10.2 Å². The molecule has 0 unspecified atom stereocenters. The van der Waals surface area contributed by atoms with Gasteiger partial charge in [-0.3, -0.25) is 25.0 Å². The fraction of sp³-hybridized carbons (Fsp3) is 0.190. The van der Waals surface area contributed by atoms with Gasteiger partial charge in [-0.2, -0.15) is 0 Å². The lowest BCUT2D eigenvalue weighted by atomic mass is 9.90. The number of fused-ring (bicyclic) bond motifs is 1. The third-order valence-electron chi connectivity index (χ3n) is 4.76. The first-order valence-corrected chi connectivity index (χ1v) is 9.17. The summed E-state index contributed by atoms with van der Waals surface area (Å²) < 4.78 is 0. The maximum Gasteiger partial charge on any atom is 0.320 e. The van der Waals surface area contributed by atoms with Crippen LogP contribution in [0.5, 0.6) is 0 Å². The van der Waals surface area contributed by atoms with Gasteiger partial charge in [0, 0.05) is 24.7 Å². The van der Waals surface area contributed by atoms with Crippen molar-refractivity contribution in [1.82, 2.24) is 20.3 Å². The van der Waals surface area contributed by atoms with Gasteiger partial charge >= 0.3 is 6.03 Å². The highest BCUT2D eigenvalue weighted by atomic mass is 16.2. The molecule has 3 aromatic rings. The fourth-order valence-corrected chi connectivity index (χ4v) is 3.27. The minimum Gasteiger partial charge on any atom is -0.332 e. The molecule has 0 radical (unpaired) electrons. The van der Waals surface area contributed by atoms with Gasteiger partial charge < -0.3 is 5.32 Å². The van der Waals surface area contributed by atoms with E-state index >= 15 is 0 Å². The van der Waals surface area contributed by atoms with Crippen molar-refractivity contribution >= 4 is 29.1 Å². The third-order valence-corrected chi connectivity index (χ3v) is 4.76. The molecule has 0 aliphatic carbocycles. The average Bonchev–Trinajstić information content (AvgIpc) is 2.93. The van der Waals surface area contributed by atoms with E-state index in [0.29, 0.717) is 18.1 Å². The molecule has 1 aliphatic heterocycles. The van der Waals surface area contributed by atoms with E-state index < -0.39 is 11.4 Å². The number of urea groups is 1. The smallest absolute Gasteiger partial charge is 0.320 e. The van der Waals surface area contributed by atoms with Gasteiger partial charge in [-0.1, -0.05) is 6.07 Å². The molecule has 0 fully saturated rings. The Hall–Kier alpha value is -3.81. The van der Waals surface area contributed by atoms with Gasteiger partial charge in [0.05, 0.1) is 34.7 Å². The highest BCUT2D eigenvalue weighted by Gasteiger charge is 2.45. The van der Waals surface area contributed by atoms with Crippen molar-refractivity contribution in [1.29, 1.82) is 0 Å². The number of hydrogen-bond acceptors (Lipinski definition) is 5. The number of nitrogens with zero attached hydrogens (tertiary/aromatic N) is 4. The highest BCUT2D eigenvalue weighted by Crippen LogP contribution is 2.43. The predicted octanol–water partition coefficient (Wildman–Crippen LogP) is 3.15. The second-order valence-corrected chi connectivity index (χ2v) is 7.16. The number of amides is 3. The van der Waals surface area contributed by atoms with Crippen LogP contribution in [-0.2, 0) is 16.8 Å². The first-order chi connectivity index (χ1) is 14.0. The predicted molar refractivity (Wildman–Crippen MR) is 109 cm³/mol. The average molecular weight is 388 g/mol. The Labute approximate surface area is 168 Å². The molecule has 0 atom stereocenters. The van der Waals surface area contributed by atoms with Crippen LogP contribution >= 0.6 is 0 Å². The third kappa shape index (κ3) is 3.52. The van der Waals surface area contributed by atoms with Gasteiger partial charge in [-0.05, 0) is 44.2 Å². The topological polar surface area (TPSA) is 100 Å². The van der Waals surface area contributed by atoms with E-state index in [1.54, 1.807) is 41.7 Å². The van der Waals surface area contributed by atoms with Crippen molar-refractivity contribution in [3.63, 3.8) is 0 Å². The van der Waals surface area contributed by atoms with Crippen LogP contribution in [0, 0.1) is 0 Å². The first-order valence-electron chi connectivity index (χ1n) is 9.17. The minimum absolute atomic E-state index is 0.0806. The monoisotopic (exact) mass is 388 g/mol. The second-order valence-electron chi connectivity index (χ2n) is 7.16. The molecule has 0 bridgehead atoms. The number of pyridine rings is 3. The lowest BCUT2D eigenvalue weighted by Gasteiger charge is -2.20. The van der Waals surface area contributed by atoms with E-state index in [-0.39, 0.29) is 5.91 Å². The molecule has 4 heterocycles. The quantitative estimate of drug-likeness (QED) is 0.715. The van der Waals surface area contributed by atoms with E-state index in [9.17, 15) is 9.59 Å². The zero-order valence-corrected chi connectivity index (χ0v) is 16.1. The molecular formula is C21H20N6O2. The van der Waals surface area contributed by atoms with Crippen LogP contribution < -0.4 is 15.5 Å². The largest absolute Gasteiger partial charge is 0.332 e. The zero-order chi connectivity index (χ0) is 20.4. The molecule has 29 heavy (non-hydrogen) atoms. The molecule has 2 N–H and O–H groups in total. The van der Waals surface area contributed by atoms with Crippen LogP contribution in [0.4, 0.5) is 22.0 Å². The summed E-state index contributed by atoms with van der Waals surface area (Å²) in [5.41, 5.74) is 2.10. The van der Waals surface area contributed by atoms with Gasteiger partial charge in [-0.15, -0.1) is 0 Å². The standard InChI is InChI=1S/C21H20N6O2/c1-21(2)18-16(7-5-10-24-18)27(19(21)28)15-8-11-23-17(12-15)26-20(29)25-13-14-6-3-4-9-22-14/h3-12H,13H2,1-2H3,(H2,23,25,26,29). The fourth-order valence-electron chi connectivity index (χ4n) is 3.27. The summed E-state index contributed by atoms with van der Waals surface area (Å²) in [6, 6.07) is 12.1. The van der Waals surface area contributed by atoms with Gasteiger partial charge in [-0.25, -0.2) is 9.78 Å². The number of nitrogens with one attached hydrogen (secondary N) is 2. The molecule has 8 heteroatoms. The Morgan fingerprint density at radius 2 is 1.86 bits per heavy atom. The number of aromatic nitrogens is 3. The Bertz CT molecular complexity index is 1070. The maximum atomic E-state index is 13.0.